The third-order valence-corrected chi connectivity index (χ3v) is 12.1. The molecule has 0 bridgehead atoms. The van der Waals surface area contributed by atoms with E-state index in [0.717, 1.165) is 17.1 Å². The van der Waals surface area contributed by atoms with Crippen LogP contribution in [0.1, 0.15) is 0 Å². The van der Waals surface area contributed by atoms with E-state index in [1.165, 1.54) is 86.1 Å². The van der Waals surface area contributed by atoms with Gasteiger partial charge in [0.2, 0.25) is 0 Å². The van der Waals surface area contributed by atoms with Gasteiger partial charge >= 0.3 is 0 Å². The highest BCUT2D eigenvalue weighted by molar-refractivity contribution is 7.25. The van der Waals surface area contributed by atoms with Crippen molar-refractivity contribution in [3.05, 3.63) is 200 Å². The van der Waals surface area contributed by atoms with Crippen LogP contribution in [-0.2, 0) is 0 Å². The first kappa shape index (κ1) is 31.6. The zero-order valence-corrected chi connectivity index (χ0v) is 30.7. The Balaban J connectivity index is 1.10. The molecule has 0 amide bonds. The van der Waals surface area contributed by atoms with Crippen LogP contribution in [0.4, 0.5) is 11.4 Å². The molecule has 2 nitrogen and oxygen atoms in total. The van der Waals surface area contributed by atoms with Crippen molar-refractivity contribution in [1.82, 2.24) is 4.57 Å². The van der Waals surface area contributed by atoms with Gasteiger partial charge in [0.25, 0.3) is 0 Å². The summed E-state index contributed by atoms with van der Waals surface area (Å²) in [6, 6.07) is 72.9. The van der Waals surface area contributed by atoms with Gasteiger partial charge < -0.3 is 9.88 Å². The summed E-state index contributed by atoms with van der Waals surface area (Å²) >= 11 is 1.87. The molecule has 0 unspecified atom stereocenters. The second-order valence-corrected chi connectivity index (χ2v) is 15.3. The van der Waals surface area contributed by atoms with E-state index in [1.54, 1.807) is 0 Å². The normalized spacial score (nSPS) is 11.6. The maximum atomic E-state index is 3.68. The molecule has 258 valence electrons. The van der Waals surface area contributed by atoms with Crippen molar-refractivity contribution >= 4 is 75.5 Å². The highest BCUT2D eigenvalue weighted by atomic mass is 32.1. The quantitative estimate of drug-likeness (QED) is 0.181. The molecule has 0 aliphatic carbocycles. The molecule has 0 fully saturated rings. The van der Waals surface area contributed by atoms with Crippen LogP contribution >= 0.6 is 11.3 Å². The molecule has 11 aromatic rings. The minimum absolute atomic E-state index is 1.07. The van der Waals surface area contributed by atoms with Crippen LogP contribution < -0.4 is 5.32 Å². The van der Waals surface area contributed by atoms with Gasteiger partial charge in [-0.15, -0.1) is 11.3 Å². The standard InChI is InChI=1S/C52H34N2S/c1-3-12-35(13-4-1)45-30-37(21-26-48(45)53-41-15-5-2-6-16-41)38-22-27-49-46(31-38)47-32-39(40-20-25-44-43-17-9-10-18-51(43)55-52(44)33-40)23-28-50(47)54(49)42-24-19-34-11-7-8-14-36(34)29-42/h1-33,53H. The minimum atomic E-state index is 1.07. The minimum Gasteiger partial charge on any atom is -0.355 e. The van der Waals surface area contributed by atoms with Crippen LogP contribution in [0.25, 0.3) is 91.8 Å². The Morgan fingerprint density at radius 3 is 1.75 bits per heavy atom. The van der Waals surface area contributed by atoms with Crippen LogP contribution in [0.5, 0.6) is 0 Å². The van der Waals surface area contributed by atoms with Gasteiger partial charge in [-0.2, -0.15) is 0 Å². The molecule has 0 aliphatic heterocycles. The fraction of sp³-hybridized carbons (Fsp3) is 0. The van der Waals surface area contributed by atoms with Crippen LogP contribution in [0.15, 0.2) is 200 Å². The summed E-state index contributed by atoms with van der Waals surface area (Å²) < 4.78 is 5.08. The van der Waals surface area contributed by atoms with Gasteiger partial charge in [-0.25, -0.2) is 0 Å². The molecular weight excluding hydrogens is 685 g/mol. The molecule has 0 radical (unpaired) electrons. The summed E-state index contributed by atoms with van der Waals surface area (Å²) in [4.78, 5) is 0. The number of fused-ring (bicyclic) bond motifs is 7. The molecule has 11 rings (SSSR count). The predicted octanol–water partition coefficient (Wildman–Crippen LogP) is 15.0. The fourth-order valence-electron chi connectivity index (χ4n) is 8.25. The third kappa shape index (κ3) is 5.48. The Morgan fingerprint density at radius 1 is 0.364 bits per heavy atom. The smallest absolute Gasteiger partial charge is 0.0541 e. The Hall–Kier alpha value is -6.94. The number of nitrogens with one attached hydrogen (secondary N) is 1. The lowest BCUT2D eigenvalue weighted by atomic mass is 9.96. The summed E-state index contributed by atoms with van der Waals surface area (Å²) in [5.41, 5.74) is 12.9. The molecule has 0 atom stereocenters. The van der Waals surface area contributed by atoms with E-state index < -0.39 is 0 Å². The van der Waals surface area contributed by atoms with E-state index in [9.17, 15) is 0 Å². The van der Waals surface area contributed by atoms with Crippen LogP contribution in [0, 0.1) is 0 Å². The van der Waals surface area contributed by atoms with Crippen LogP contribution in [0.3, 0.4) is 0 Å². The van der Waals surface area contributed by atoms with E-state index in [-0.39, 0.29) is 0 Å². The van der Waals surface area contributed by atoms with E-state index in [0.29, 0.717) is 0 Å². The number of para-hydroxylation sites is 1. The second kappa shape index (κ2) is 12.9. The Kier molecular flexibility index (Phi) is 7.39. The Bertz CT molecular complexity index is 3230. The lowest BCUT2D eigenvalue weighted by molar-refractivity contribution is 1.19. The zero-order chi connectivity index (χ0) is 36.3. The highest BCUT2D eigenvalue weighted by Gasteiger charge is 2.17. The average molecular weight is 719 g/mol. The van der Waals surface area contributed by atoms with Gasteiger partial charge in [0, 0.05) is 53.6 Å². The van der Waals surface area contributed by atoms with Crippen molar-refractivity contribution < 1.29 is 0 Å². The molecule has 0 aliphatic rings. The van der Waals surface area contributed by atoms with Gasteiger partial charge in [0.1, 0.15) is 0 Å². The van der Waals surface area contributed by atoms with Gasteiger partial charge in [0.15, 0.2) is 0 Å². The number of nitrogens with zero attached hydrogens (tertiary/aromatic N) is 1. The molecule has 0 saturated carbocycles. The second-order valence-electron chi connectivity index (χ2n) is 14.3. The number of anilines is 2. The molecular formula is C52H34N2S. The summed E-state index contributed by atoms with van der Waals surface area (Å²) in [6.07, 6.45) is 0. The highest BCUT2D eigenvalue weighted by Crippen LogP contribution is 2.41. The van der Waals surface area contributed by atoms with Gasteiger partial charge in [-0.3, -0.25) is 0 Å². The lowest BCUT2D eigenvalue weighted by Gasteiger charge is -2.15. The molecule has 9 aromatic carbocycles. The van der Waals surface area contributed by atoms with Crippen molar-refractivity contribution in [2.45, 2.75) is 0 Å². The monoisotopic (exact) mass is 718 g/mol. The number of hydrogen-bond acceptors (Lipinski definition) is 2. The average Bonchev–Trinajstić information content (AvgIpc) is 3.79. The number of rotatable bonds is 6. The largest absolute Gasteiger partial charge is 0.355 e. The molecule has 1 N–H and O–H groups in total. The molecule has 3 heteroatoms. The van der Waals surface area contributed by atoms with Crippen molar-refractivity contribution in [2.75, 3.05) is 5.32 Å². The molecule has 0 saturated heterocycles. The summed E-state index contributed by atoms with van der Waals surface area (Å²) in [7, 11) is 0. The SMILES string of the molecule is c1ccc(Nc2ccc(-c3ccc4c(c3)c3cc(-c5ccc6c(c5)sc5ccccc56)ccc3n4-c3ccc4ccccc4c3)cc2-c2ccccc2)cc1. The first-order valence-electron chi connectivity index (χ1n) is 18.7. The summed E-state index contributed by atoms with van der Waals surface area (Å²) in [5.74, 6) is 0. The molecule has 2 heterocycles. The molecule has 0 spiro atoms. The van der Waals surface area contributed by atoms with E-state index in [2.05, 4.69) is 204 Å². The summed E-state index contributed by atoms with van der Waals surface area (Å²) in [6.45, 7) is 0. The van der Waals surface area contributed by atoms with Crippen molar-refractivity contribution in [3.63, 3.8) is 0 Å². The van der Waals surface area contributed by atoms with Crippen molar-refractivity contribution in [2.24, 2.45) is 0 Å². The number of aromatic nitrogens is 1. The maximum absolute atomic E-state index is 3.68. The topological polar surface area (TPSA) is 17.0 Å². The Morgan fingerprint density at radius 2 is 0.964 bits per heavy atom. The molecule has 2 aromatic heterocycles. The van der Waals surface area contributed by atoms with Crippen molar-refractivity contribution in [3.8, 4) is 39.1 Å². The lowest BCUT2D eigenvalue weighted by Crippen LogP contribution is -1.95. The first-order valence-corrected chi connectivity index (χ1v) is 19.6. The third-order valence-electron chi connectivity index (χ3n) is 11.0. The first-order chi connectivity index (χ1) is 27.2. The number of hydrogen-bond donors (Lipinski definition) is 1. The van der Waals surface area contributed by atoms with Crippen molar-refractivity contribution in [1.29, 1.82) is 0 Å². The zero-order valence-electron chi connectivity index (χ0n) is 29.9. The van der Waals surface area contributed by atoms with Gasteiger partial charge in [0.05, 0.1) is 11.0 Å². The van der Waals surface area contributed by atoms with Gasteiger partial charge in [-0.05, 0) is 111 Å². The van der Waals surface area contributed by atoms with E-state index in [4.69, 9.17) is 0 Å². The van der Waals surface area contributed by atoms with Gasteiger partial charge in [-0.1, -0.05) is 127 Å². The van der Waals surface area contributed by atoms with E-state index in [1.807, 2.05) is 17.4 Å². The van der Waals surface area contributed by atoms with Crippen LogP contribution in [0.2, 0.25) is 0 Å². The fourth-order valence-corrected chi connectivity index (χ4v) is 9.39. The number of thiophene rings is 1. The maximum Gasteiger partial charge on any atom is 0.0541 e. The molecule has 55 heavy (non-hydrogen) atoms. The predicted molar refractivity (Wildman–Crippen MR) is 237 cm³/mol. The number of benzene rings is 9. The van der Waals surface area contributed by atoms with E-state index >= 15 is 0 Å². The Labute approximate surface area is 323 Å². The van der Waals surface area contributed by atoms with Crippen LogP contribution in [-0.4, -0.2) is 4.57 Å². The summed E-state index contributed by atoms with van der Waals surface area (Å²) in [5, 5.41) is 11.3.